The minimum Gasteiger partial charge on any atom is -0.359 e. The number of amides is 3. The summed E-state index contributed by atoms with van der Waals surface area (Å²) < 4.78 is 0. The molecule has 0 bridgehead atoms. The lowest BCUT2D eigenvalue weighted by Crippen LogP contribution is -2.52. The van der Waals surface area contributed by atoms with Crippen LogP contribution in [0.15, 0.2) is 0 Å². The van der Waals surface area contributed by atoms with Gasteiger partial charge in [0, 0.05) is 25.7 Å². The molecule has 0 aromatic heterocycles. The second-order valence-electron chi connectivity index (χ2n) is 5.58. The van der Waals surface area contributed by atoms with E-state index in [1.807, 2.05) is 20.8 Å². The molecule has 1 saturated heterocycles. The Labute approximate surface area is 103 Å². The van der Waals surface area contributed by atoms with Crippen LogP contribution in [0, 0.1) is 5.92 Å². The van der Waals surface area contributed by atoms with E-state index in [1.165, 1.54) is 0 Å². The highest BCUT2D eigenvalue weighted by atomic mass is 16.2. The van der Waals surface area contributed by atoms with Crippen LogP contribution in [0.3, 0.4) is 0 Å². The molecule has 1 aliphatic rings. The highest BCUT2D eigenvalue weighted by Crippen LogP contribution is 2.17. The Bertz CT molecular complexity index is 297. The summed E-state index contributed by atoms with van der Waals surface area (Å²) >= 11 is 0. The molecule has 1 unspecified atom stereocenters. The average molecular weight is 241 g/mol. The quantitative estimate of drug-likeness (QED) is 0.718. The minimum absolute atomic E-state index is 0.0262. The molecule has 1 fully saturated rings. The van der Waals surface area contributed by atoms with Gasteiger partial charge in [0.25, 0.3) is 0 Å². The van der Waals surface area contributed by atoms with Crippen molar-refractivity contribution in [3.8, 4) is 0 Å². The third-order valence-corrected chi connectivity index (χ3v) is 2.81. The molecular formula is C12H23N3O2. The van der Waals surface area contributed by atoms with E-state index in [1.54, 1.807) is 11.9 Å². The van der Waals surface area contributed by atoms with Crippen LogP contribution in [0.25, 0.3) is 0 Å². The number of piperidine rings is 1. The van der Waals surface area contributed by atoms with Gasteiger partial charge in [-0.15, -0.1) is 0 Å². The molecule has 2 N–H and O–H groups in total. The zero-order valence-electron chi connectivity index (χ0n) is 11.2. The third kappa shape index (κ3) is 4.24. The molecule has 1 heterocycles. The molecule has 0 aromatic rings. The molecule has 0 saturated carbocycles. The number of nitrogens with zero attached hydrogens (tertiary/aromatic N) is 1. The highest BCUT2D eigenvalue weighted by molar-refractivity contribution is 5.80. The number of likely N-dealkylation sites (tertiary alicyclic amines) is 1. The van der Waals surface area contributed by atoms with Crippen LogP contribution < -0.4 is 10.6 Å². The fraction of sp³-hybridized carbons (Fsp3) is 0.833. The van der Waals surface area contributed by atoms with Crippen molar-refractivity contribution in [3.63, 3.8) is 0 Å². The van der Waals surface area contributed by atoms with Crippen molar-refractivity contribution >= 4 is 11.9 Å². The first kappa shape index (κ1) is 13.8. The molecule has 98 valence electrons. The summed E-state index contributed by atoms with van der Waals surface area (Å²) in [6, 6.07) is -0.0777. The topological polar surface area (TPSA) is 61.4 Å². The second kappa shape index (κ2) is 5.38. The van der Waals surface area contributed by atoms with E-state index >= 15 is 0 Å². The summed E-state index contributed by atoms with van der Waals surface area (Å²) in [6.07, 6.45) is 1.74. The molecule has 5 nitrogen and oxygen atoms in total. The number of hydrogen-bond acceptors (Lipinski definition) is 2. The summed E-state index contributed by atoms with van der Waals surface area (Å²) in [5.41, 5.74) is -0.239. The molecular weight excluding hydrogens is 218 g/mol. The summed E-state index contributed by atoms with van der Waals surface area (Å²) in [5.74, 6) is -0.0438. The van der Waals surface area contributed by atoms with Crippen LogP contribution in [-0.4, -0.2) is 42.5 Å². The van der Waals surface area contributed by atoms with E-state index in [-0.39, 0.29) is 23.4 Å². The Morgan fingerprint density at radius 1 is 1.29 bits per heavy atom. The number of nitrogens with one attached hydrogen (secondary N) is 2. The maximum atomic E-state index is 12.0. The molecule has 3 amide bonds. The average Bonchev–Trinajstić information content (AvgIpc) is 2.26. The Balaban J connectivity index is 2.55. The Kier molecular flexibility index (Phi) is 4.37. The van der Waals surface area contributed by atoms with E-state index in [9.17, 15) is 9.59 Å². The number of urea groups is 1. The van der Waals surface area contributed by atoms with Crippen molar-refractivity contribution in [2.24, 2.45) is 5.92 Å². The molecule has 0 radical (unpaired) electrons. The maximum Gasteiger partial charge on any atom is 0.317 e. The summed E-state index contributed by atoms with van der Waals surface area (Å²) in [4.78, 5) is 25.2. The zero-order chi connectivity index (χ0) is 13.1. The van der Waals surface area contributed by atoms with Crippen molar-refractivity contribution in [2.45, 2.75) is 39.2 Å². The predicted molar refractivity (Wildman–Crippen MR) is 66.6 cm³/mol. The van der Waals surface area contributed by atoms with Gasteiger partial charge in [0.2, 0.25) is 5.91 Å². The van der Waals surface area contributed by atoms with Gasteiger partial charge in [0.1, 0.15) is 0 Å². The smallest absolute Gasteiger partial charge is 0.317 e. The molecule has 1 aliphatic heterocycles. The fourth-order valence-corrected chi connectivity index (χ4v) is 1.98. The van der Waals surface area contributed by atoms with Gasteiger partial charge in [0.05, 0.1) is 5.92 Å². The van der Waals surface area contributed by atoms with Gasteiger partial charge in [-0.25, -0.2) is 4.79 Å². The number of hydrogen-bond donors (Lipinski definition) is 2. The number of carbonyl (C=O) groups is 2. The lowest BCUT2D eigenvalue weighted by molar-refractivity contribution is -0.125. The molecule has 0 aliphatic carbocycles. The van der Waals surface area contributed by atoms with Crippen LogP contribution in [0.5, 0.6) is 0 Å². The second-order valence-corrected chi connectivity index (χ2v) is 5.58. The first-order valence-corrected chi connectivity index (χ1v) is 6.12. The van der Waals surface area contributed by atoms with E-state index < -0.39 is 0 Å². The Hall–Kier alpha value is -1.26. The van der Waals surface area contributed by atoms with Gasteiger partial charge in [-0.05, 0) is 33.6 Å². The van der Waals surface area contributed by atoms with Gasteiger partial charge < -0.3 is 15.5 Å². The minimum atomic E-state index is -0.239. The van der Waals surface area contributed by atoms with Crippen LogP contribution in [0.2, 0.25) is 0 Å². The first-order valence-electron chi connectivity index (χ1n) is 6.12. The van der Waals surface area contributed by atoms with Gasteiger partial charge in [-0.3, -0.25) is 4.79 Å². The predicted octanol–water partition coefficient (Wildman–Crippen LogP) is 0.952. The van der Waals surface area contributed by atoms with E-state index in [4.69, 9.17) is 0 Å². The van der Waals surface area contributed by atoms with Gasteiger partial charge >= 0.3 is 6.03 Å². The summed E-state index contributed by atoms with van der Waals surface area (Å²) in [7, 11) is 1.64. The van der Waals surface area contributed by atoms with E-state index in [0.29, 0.717) is 6.54 Å². The normalized spacial score (nSPS) is 20.9. The summed E-state index contributed by atoms with van der Waals surface area (Å²) in [5, 5.41) is 5.57. The number of rotatable bonds is 1. The summed E-state index contributed by atoms with van der Waals surface area (Å²) in [6.45, 7) is 7.10. The highest BCUT2D eigenvalue weighted by Gasteiger charge is 2.29. The van der Waals surface area contributed by atoms with Gasteiger partial charge in [-0.2, -0.15) is 0 Å². The lowest BCUT2D eigenvalue weighted by atomic mass is 9.97. The molecule has 1 atom stereocenters. The molecule has 0 spiro atoms. The fourth-order valence-electron chi connectivity index (χ4n) is 1.98. The van der Waals surface area contributed by atoms with Crippen LogP contribution >= 0.6 is 0 Å². The lowest BCUT2D eigenvalue weighted by Gasteiger charge is -2.34. The van der Waals surface area contributed by atoms with Crippen molar-refractivity contribution in [1.29, 1.82) is 0 Å². The first-order chi connectivity index (χ1) is 7.83. The Morgan fingerprint density at radius 3 is 2.47 bits per heavy atom. The van der Waals surface area contributed by atoms with Gasteiger partial charge in [-0.1, -0.05) is 0 Å². The molecule has 0 aromatic carbocycles. The standard InChI is InChI=1S/C12H23N3O2/c1-12(2,3)14-11(17)15-7-5-6-9(8-15)10(16)13-4/h9H,5-8H2,1-4H3,(H,13,16)(H,14,17). The van der Waals surface area contributed by atoms with Crippen LogP contribution in [0.1, 0.15) is 33.6 Å². The van der Waals surface area contributed by atoms with Gasteiger partial charge in [0.15, 0.2) is 0 Å². The van der Waals surface area contributed by atoms with Crippen molar-refractivity contribution in [1.82, 2.24) is 15.5 Å². The van der Waals surface area contributed by atoms with Crippen molar-refractivity contribution in [2.75, 3.05) is 20.1 Å². The monoisotopic (exact) mass is 241 g/mol. The molecule has 5 heteroatoms. The molecule has 1 rings (SSSR count). The van der Waals surface area contributed by atoms with Crippen LogP contribution in [-0.2, 0) is 4.79 Å². The van der Waals surface area contributed by atoms with Crippen molar-refractivity contribution in [3.05, 3.63) is 0 Å². The maximum absolute atomic E-state index is 12.0. The Morgan fingerprint density at radius 2 is 1.94 bits per heavy atom. The van der Waals surface area contributed by atoms with Crippen molar-refractivity contribution < 1.29 is 9.59 Å². The number of carbonyl (C=O) groups excluding carboxylic acids is 2. The zero-order valence-corrected chi connectivity index (χ0v) is 11.2. The van der Waals surface area contributed by atoms with E-state index in [0.717, 1.165) is 19.4 Å². The SMILES string of the molecule is CNC(=O)C1CCCN(C(=O)NC(C)(C)C)C1. The van der Waals surface area contributed by atoms with E-state index in [2.05, 4.69) is 10.6 Å². The largest absolute Gasteiger partial charge is 0.359 e. The third-order valence-electron chi connectivity index (χ3n) is 2.81. The molecule has 17 heavy (non-hydrogen) atoms. The van der Waals surface area contributed by atoms with Crippen LogP contribution in [0.4, 0.5) is 4.79 Å².